The normalized spacial score (nSPS) is 39.1. The smallest absolute Gasteiger partial charge is 0.338 e. The molecule has 1 heterocycles. The van der Waals surface area contributed by atoms with Gasteiger partial charge < -0.3 is 14.9 Å². The highest BCUT2D eigenvalue weighted by Crippen LogP contribution is 2.44. The molecule has 6 heteroatoms. The van der Waals surface area contributed by atoms with Crippen LogP contribution in [0.5, 0.6) is 0 Å². The van der Waals surface area contributed by atoms with Gasteiger partial charge in [-0.05, 0) is 86.4 Å². The van der Waals surface area contributed by atoms with E-state index in [0.29, 0.717) is 24.4 Å². The van der Waals surface area contributed by atoms with Gasteiger partial charge in [0.15, 0.2) is 0 Å². The van der Waals surface area contributed by atoms with Crippen molar-refractivity contribution in [2.75, 3.05) is 6.61 Å². The van der Waals surface area contributed by atoms with Crippen LogP contribution in [-0.2, 0) is 19.1 Å². The summed E-state index contributed by atoms with van der Waals surface area (Å²) in [6.45, 7) is 0.394. The summed E-state index contributed by atoms with van der Waals surface area (Å²) in [5.74, 6) is 3.19. The van der Waals surface area contributed by atoms with Crippen LogP contribution >= 0.6 is 0 Å². The third kappa shape index (κ3) is 6.11. The fraction of sp³-hybridized carbons (Fsp3) is 0.593. The molecular weight excluding hydrogens is 420 g/mol. The zero-order chi connectivity index (χ0) is 23.4. The van der Waals surface area contributed by atoms with E-state index in [2.05, 4.69) is 41.2 Å². The van der Waals surface area contributed by atoms with Crippen LogP contribution in [0.3, 0.4) is 0 Å². The fourth-order valence-electron chi connectivity index (χ4n) is 6.19. The molecule has 3 fully saturated rings. The molecule has 6 aliphatic carbocycles. The van der Waals surface area contributed by atoms with E-state index >= 15 is 0 Å². The molecule has 178 valence electrons. The van der Waals surface area contributed by atoms with Gasteiger partial charge in [0, 0.05) is 18.8 Å². The first-order valence-electron chi connectivity index (χ1n) is 12.2. The summed E-state index contributed by atoms with van der Waals surface area (Å²) in [4.78, 5) is 30.4. The summed E-state index contributed by atoms with van der Waals surface area (Å²) >= 11 is 0. The van der Waals surface area contributed by atoms with Crippen LogP contribution in [0.25, 0.3) is 0 Å². The van der Waals surface area contributed by atoms with E-state index in [1.807, 2.05) is 0 Å². The molecule has 0 radical (unpaired) electrons. The van der Waals surface area contributed by atoms with E-state index in [-0.39, 0.29) is 5.92 Å². The van der Waals surface area contributed by atoms with Crippen molar-refractivity contribution in [3.8, 4) is 0 Å². The highest BCUT2D eigenvalue weighted by Gasteiger charge is 2.39. The summed E-state index contributed by atoms with van der Waals surface area (Å²) in [6, 6.07) is 0. The van der Waals surface area contributed by atoms with Crippen molar-refractivity contribution in [1.29, 1.82) is 0 Å². The Bertz CT molecular complexity index is 840. The number of hydrogen-bond donors (Lipinski definition) is 2. The number of cyclic esters (lactones) is 2. The molecule has 0 aromatic rings. The first-order valence-corrected chi connectivity index (χ1v) is 12.2. The lowest BCUT2D eigenvalue weighted by Crippen LogP contribution is -2.17. The number of carboxylic acid groups (broad SMARTS) is 1. The van der Waals surface area contributed by atoms with Gasteiger partial charge in [0.25, 0.3) is 0 Å². The first-order chi connectivity index (χ1) is 15.9. The Labute approximate surface area is 195 Å². The molecule has 2 N–H and O–H groups in total. The lowest BCUT2D eigenvalue weighted by Gasteiger charge is -2.13. The Hall–Kier alpha value is -2.47. The summed E-state index contributed by atoms with van der Waals surface area (Å²) in [6.07, 6.45) is 24.6. The number of carbonyl (C=O) groups excluding carboxylic acids is 2. The largest absolute Gasteiger partial charge is 0.481 e. The van der Waals surface area contributed by atoms with Crippen LogP contribution in [0.2, 0.25) is 0 Å². The molecule has 6 bridgehead atoms. The SMILES string of the molecule is C1=CC2CCC1C2.O=C(O)C1CC2C=CC1C2.O=C1C=CC(=O)O1.OCC1CC2C=CC1C2. The number of aliphatic hydroxyl groups is 1. The molecule has 1 aliphatic heterocycles. The number of carboxylic acids is 1. The molecule has 0 aromatic carbocycles. The molecule has 0 aromatic heterocycles. The van der Waals surface area contributed by atoms with Crippen molar-refractivity contribution in [3.63, 3.8) is 0 Å². The summed E-state index contributed by atoms with van der Waals surface area (Å²) in [5, 5.41) is 17.6. The predicted octanol–water partition coefficient (Wildman–Crippen LogP) is 4.07. The molecule has 7 rings (SSSR count). The van der Waals surface area contributed by atoms with Crippen LogP contribution in [-0.4, -0.2) is 34.7 Å². The van der Waals surface area contributed by atoms with E-state index in [9.17, 15) is 14.4 Å². The monoisotopic (exact) mass is 454 g/mol. The molecule has 7 aliphatic rings. The van der Waals surface area contributed by atoms with E-state index in [1.165, 1.54) is 32.1 Å². The van der Waals surface area contributed by atoms with Crippen molar-refractivity contribution < 1.29 is 29.3 Å². The highest BCUT2D eigenvalue weighted by atomic mass is 16.6. The maximum atomic E-state index is 10.6. The molecule has 0 spiro atoms. The number of fused-ring (bicyclic) bond motifs is 6. The van der Waals surface area contributed by atoms with Gasteiger partial charge in [-0.2, -0.15) is 0 Å². The second kappa shape index (κ2) is 10.6. The Morgan fingerprint density at radius 1 is 0.758 bits per heavy atom. The number of ether oxygens (including phenoxy) is 1. The minimum atomic E-state index is -0.614. The Morgan fingerprint density at radius 2 is 1.30 bits per heavy atom. The third-order valence-corrected chi connectivity index (χ3v) is 7.97. The average molecular weight is 455 g/mol. The number of carbonyl (C=O) groups is 3. The zero-order valence-electron chi connectivity index (χ0n) is 18.9. The molecule has 8 unspecified atom stereocenters. The number of aliphatic carboxylic acids is 1. The molecule has 3 saturated carbocycles. The number of aliphatic hydroxyl groups excluding tert-OH is 1. The quantitative estimate of drug-likeness (QED) is 0.371. The summed E-state index contributed by atoms with van der Waals surface area (Å²) in [5.41, 5.74) is 0. The number of allylic oxidation sites excluding steroid dienone is 6. The van der Waals surface area contributed by atoms with Gasteiger partial charge in [0.2, 0.25) is 0 Å². The topological polar surface area (TPSA) is 101 Å². The Balaban J connectivity index is 0.000000106. The molecule has 0 amide bonds. The lowest BCUT2D eigenvalue weighted by atomic mass is 9.94. The molecule has 6 nitrogen and oxygen atoms in total. The van der Waals surface area contributed by atoms with E-state index in [1.54, 1.807) is 0 Å². The second-order valence-electron chi connectivity index (χ2n) is 10.2. The van der Waals surface area contributed by atoms with Crippen molar-refractivity contribution in [2.45, 2.75) is 44.9 Å². The van der Waals surface area contributed by atoms with Crippen molar-refractivity contribution >= 4 is 17.9 Å². The average Bonchev–Trinajstić information content (AvgIpc) is 3.65. The van der Waals surface area contributed by atoms with Crippen molar-refractivity contribution in [1.82, 2.24) is 0 Å². The van der Waals surface area contributed by atoms with Gasteiger partial charge in [0.1, 0.15) is 0 Å². The van der Waals surface area contributed by atoms with E-state index in [4.69, 9.17) is 10.2 Å². The molecule has 33 heavy (non-hydrogen) atoms. The highest BCUT2D eigenvalue weighted by molar-refractivity contribution is 6.04. The third-order valence-electron chi connectivity index (χ3n) is 7.97. The van der Waals surface area contributed by atoms with Crippen LogP contribution in [0.1, 0.15) is 44.9 Å². The maximum absolute atomic E-state index is 10.6. The minimum Gasteiger partial charge on any atom is -0.481 e. The summed E-state index contributed by atoms with van der Waals surface area (Å²) in [7, 11) is 0. The van der Waals surface area contributed by atoms with Crippen LogP contribution in [0.4, 0.5) is 0 Å². The maximum Gasteiger partial charge on any atom is 0.338 e. The number of rotatable bonds is 2. The van der Waals surface area contributed by atoms with Gasteiger partial charge in [-0.1, -0.05) is 36.5 Å². The van der Waals surface area contributed by atoms with E-state index < -0.39 is 17.9 Å². The van der Waals surface area contributed by atoms with Crippen LogP contribution < -0.4 is 0 Å². The fourth-order valence-corrected chi connectivity index (χ4v) is 6.19. The molecular formula is C27H34O6. The first kappa shape index (κ1) is 23.7. The van der Waals surface area contributed by atoms with Gasteiger partial charge >= 0.3 is 17.9 Å². The van der Waals surface area contributed by atoms with Gasteiger partial charge in [0.05, 0.1) is 5.92 Å². The van der Waals surface area contributed by atoms with Crippen LogP contribution in [0.15, 0.2) is 48.6 Å². The number of esters is 2. The zero-order valence-corrected chi connectivity index (χ0v) is 18.9. The Kier molecular flexibility index (Phi) is 7.63. The van der Waals surface area contributed by atoms with Gasteiger partial charge in [-0.25, -0.2) is 9.59 Å². The van der Waals surface area contributed by atoms with Crippen LogP contribution in [0, 0.1) is 47.3 Å². The molecule has 0 saturated heterocycles. The molecule has 8 atom stereocenters. The van der Waals surface area contributed by atoms with Crippen molar-refractivity contribution in [3.05, 3.63) is 48.6 Å². The summed E-state index contributed by atoms with van der Waals surface area (Å²) < 4.78 is 3.97. The standard InChI is InChI=1S/C8H10O2.C8H12O.C7H10.C4H2O3/c9-8(10)7-4-5-1-2-6(7)3-5;9-5-8-4-6-1-2-7(8)3-6;1-2-7-4-3-6(1)5-7;5-3-1-2-4(6)7-3/h1-2,5-7H,3-4H2,(H,9,10);1-2,6-9H,3-5H2;1-2,6-7H,3-5H2;1-2H. The minimum absolute atomic E-state index is 0.0741. The lowest BCUT2D eigenvalue weighted by molar-refractivity contribution is -0.150. The second-order valence-corrected chi connectivity index (χ2v) is 10.2. The number of hydrogen-bond acceptors (Lipinski definition) is 5. The predicted molar refractivity (Wildman–Crippen MR) is 123 cm³/mol. The Morgan fingerprint density at radius 3 is 1.52 bits per heavy atom. The van der Waals surface area contributed by atoms with Gasteiger partial charge in [-0.15, -0.1) is 0 Å². The van der Waals surface area contributed by atoms with Gasteiger partial charge in [-0.3, -0.25) is 4.79 Å². The van der Waals surface area contributed by atoms with Crippen molar-refractivity contribution in [2.24, 2.45) is 47.3 Å². The van der Waals surface area contributed by atoms with E-state index in [0.717, 1.165) is 48.7 Å².